The van der Waals surface area contributed by atoms with E-state index >= 15 is 0 Å². The Hall–Kier alpha value is -1.39. The molecule has 0 atom stereocenters. The number of carbonyl (C=O) groups is 1. The van der Waals surface area contributed by atoms with Crippen molar-refractivity contribution in [3.63, 3.8) is 0 Å². The normalized spacial score (nSPS) is 14.8. The molecule has 1 heterocycles. The maximum absolute atomic E-state index is 12.5. The van der Waals surface area contributed by atoms with Gasteiger partial charge in [-0.05, 0) is 57.0 Å². The molecule has 1 amide bonds. The molecule has 2 N–H and O–H groups in total. The number of hydrogen-bond acceptors (Lipinski definition) is 3. The van der Waals surface area contributed by atoms with Crippen LogP contribution in [0.2, 0.25) is 0 Å². The van der Waals surface area contributed by atoms with E-state index in [4.69, 9.17) is 0 Å². The lowest BCUT2D eigenvalue weighted by molar-refractivity contribution is 0.0314. The Morgan fingerprint density at radius 2 is 2.15 bits per heavy atom. The SMILES string of the molecule is CCN(CC(C)(C)O)C(=O)c1ccc2c(c1)CNCC2. The first-order chi connectivity index (χ1) is 9.40. The fraction of sp³-hybridized carbons (Fsp3) is 0.562. The van der Waals surface area contributed by atoms with Gasteiger partial charge in [-0.3, -0.25) is 4.79 Å². The van der Waals surface area contributed by atoms with Gasteiger partial charge >= 0.3 is 0 Å². The van der Waals surface area contributed by atoms with Crippen molar-refractivity contribution in [3.8, 4) is 0 Å². The maximum atomic E-state index is 12.5. The molecule has 1 aliphatic heterocycles. The average Bonchev–Trinajstić information content (AvgIpc) is 2.42. The zero-order valence-corrected chi connectivity index (χ0v) is 12.6. The summed E-state index contributed by atoms with van der Waals surface area (Å²) in [4.78, 5) is 14.2. The first kappa shape index (κ1) is 15.0. The van der Waals surface area contributed by atoms with Gasteiger partial charge < -0.3 is 15.3 Å². The summed E-state index contributed by atoms with van der Waals surface area (Å²) in [6, 6.07) is 5.94. The van der Waals surface area contributed by atoms with Crippen molar-refractivity contribution in [2.24, 2.45) is 0 Å². The molecule has 0 saturated heterocycles. The molecule has 4 nitrogen and oxygen atoms in total. The van der Waals surface area contributed by atoms with Crippen molar-refractivity contribution in [2.75, 3.05) is 19.6 Å². The third-order valence-electron chi connectivity index (χ3n) is 3.59. The van der Waals surface area contributed by atoms with E-state index in [1.807, 2.05) is 19.1 Å². The van der Waals surface area contributed by atoms with E-state index in [9.17, 15) is 9.90 Å². The summed E-state index contributed by atoms with van der Waals surface area (Å²) in [5.41, 5.74) is 2.37. The number of nitrogens with zero attached hydrogens (tertiary/aromatic N) is 1. The largest absolute Gasteiger partial charge is 0.389 e. The van der Waals surface area contributed by atoms with E-state index in [0.717, 1.165) is 19.5 Å². The molecule has 0 saturated carbocycles. The van der Waals surface area contributed by atoms with E-state index in [0.29, 0.717) is 18.7 Å². The van der Waals surface area contributed by atoms with Gasteiger partial charge in [-0.2, -0.15) is 0 Å². The zero-order valence-electron chi connectivity index (χ0n) is 12.6. The molecular weight excluding hydrogens is 252 g/mol. The fourth-order valence-corrected chi connectivity index (χ4v) is 2.59. The summed E-state index contributed by atoms with van der Waals surface area (Å²) >= 11 is 0. The topological polar surface area (TPSA) is 52.6 Å². The van der Waals surface area contributed by atoms with Crippen molar-refractivity contribution in [2.45, 2.75) is 39.3 Å². The number of hydrogen-bond donors (Lipinski definition) is 2. The highest BCUT2D eigenvalue weighted by molar-refractivity contribution is 5.94. The summed E-state index contributed by atoms with van der Waals surface area (Å²) in [7, 11) is 0. The van der Waals surface area contributed by atoms with Crippen LogP contribution in [0.15, 0.2) is 18.2 Å². The van der Waals surface area contributed by atoms with E-state index in [2.05, 4.69) is 11.4 Å². The van der Waals surface area contributed by atoms with Gasteiger partial charge in [0.2, 0.25) is 0 Å². The monoisotopic (exact) mass is 276 g/mol. The first-order valence-electron chi connectivity index (χ1n) is 7.25. The fourth-order valence-electron chi connectivity index (χ4n) is 2.59. The third-order valence-corrected chi connectivity index (χ3v) is 3.59. The molecule has 4 heteroatoms. The van der Waals surface area contributed by atoms with Crippen LogP contribution in [-0.2, 0) is 13.0 Å². The zero-order chi connectivity index (χ0) is 14.8. The Kier molecular flexibility index (Phi) is 4.45. The number of amides is 1. The van der Waals surface area contributed by atoms with Crippen molar-refractivity contribution in [3.05, 3.63) is 34.9 Å². The molecular formula is C16H24N2O2. The number of nitrogens with one attached hydrogen (secondary N) is 1. The van der Waals surface area contributed by atoms with Crippen molar-refractivity contribution in [1.82, 2.24) is 10.2 Å². The van der Waals surface area contributed by atoms with Crippen LogP contribution in [0.5, 0.6) is 0 Å². The van der Waals surface area contributed by atoms with Crippen LogP contribution in [0.25, 0.3) is 0 Å². The minimum Gasteiger partial charge on any atom is -0.389 e. The molecule has 0 bridgehead atoms. The molecule has 110 valence electrons. The number of likely N-dealkylation sites (N-methyl/N-ethyl adjacent to an activating group) is 1. The summed E-state index contributed by atoms with van der Waals surface area (Å²) in [6.45, 7) is 8.15. The summed E-state index contributed by atoms with van der Waals surface area (Å²) in [5, 5.41) is 13.2. The predicted octanol–water partition coefficient (Wildman–Crippen LogP) is 1.57. The number of aliphatic hydroxyl groups is 1. The minimum atomic E-state index is -0.874. The molecule has 0 spiro atoms. The highest BCUT2D eigenvalue weighted by Gasteiger charge is 2.23. The van der Waals surface area contributed by atoms with Gasteiger partial charge in [-0.25, -0.2) is 0 Å². The molecule has 0 fully saturated rings. The van der Waals surface area contributed by atoms with E-state index in [1.54, 1.807) is 18.7 Å². The van der Waals surface area contributed by atoms with Gasteiger partial charge in [0, 0.05) is 25.2 Å². The standard InChI is InChI=1S/C16H24N2O2/c1-4-18(11-16(2,3)20)15(19)13-6-5-12-7-8-17-10-14(12)9-13/h5-6,9,17,20H,4,7-8,10-11H2,1-3H3. The quantitative estimate of drug-likeness (QED) is 0.877. The van der Waals surface area contributed by atoms with Gasteiger partial charge in [0.1, 0.15) is 0 Å². The minimum absolute atomic E-state index is 0.0111. The second-order valence-electron chi connectivity index (χ2n) is 6.04. The predicted molar refractivity (Wildman–Crippen MR) is 79.7 cm³/mol. The van der Waals surface area contributed by atoms with Crippen LogP contribution >= 0.6 is 0 Å². The Labute approximate surface area is 120 Å². The highest BCUT2D eigenvalue weighted by atomic mass is 16.3. The third kappa shape index (κ3) is 3.58. The van der Waals surface area contributed by atoms with Crippen LogP contribution in [0.1, 0.15) is 42.3 Å². The summed E-state index contributed by atoms with van der Waals surface area (Å²) < 4.78 is 0. The van der Waals surface area contributed by atoms with E-state index in [-0.39, 0.29) is 5.91 Å². The molecule has 0 aliphatic carbocycles. The summed E-state index contributed by atoms with van der Waals surface area (Å²) in [5.74, 6) is -0.0111. The second-order valence-corrected chi connectivity index (χ2v) is 6.04. The molecule has 20 heavy (non-hydrogen) atoms. The number of fused-ring (bicyclic) bond motifs is 1. The van der Waals surface area contributed by atoms with Crippen molar-refractivity contribution in [1.29, 1.82) is 0 Å². The smallest absolute Gasteiger partial charge is 0.253 e. The Morgan fingerprint density at radius 3 is 2.80 bits per heavy atom. The lowest BCUT2D eigenvalue weighted by Gasteiger charge is -2.28. The van der Waals surface area contributed by atoms with Gasteiger partial charge in [0.25, 0.3) is 5.91 Å². The van der Waals surface area contributed by atoms with Crippen LogP contribution in [-0.4, -0.2) is 41.1 Å². The van der Waals surface area contributed by atoms with Crippen molar-refractivity contribution < 1.29 is 9.90 Å². The number of benzene rings is 1. The molecule has 2 rings (SSSR count). The number of rotatable bonds is 4. The van der Waals surface area contributed by atoms with Gasteiger partial charge in [0.15, 0.2) is 0 Å². The molecule has 1 aliphatic rings. The first-order valence-corrected chi connectivity index (χ1v) is 7.25. The highest BCUT2D eigenvalue weighted by Crippen LogP contribution is 2.18. The van der Waals surface area contributed by atoms with Crippen LogP contribution in [0.4, 0.5) is 0 Å². The van der Waals surface area contributed by atoms with Gasteiger partial charge in [0.05, 0.1) is 5.60 Å². The van der Waals surface area contributed by atoms with Gasteiger partial charge in [-0.15, -0.1) is 0 Å². The van der Waals surface area contributed by atoms with E-state index < -0.39 is 5.60 Å². The lowest BCUT2D eigenvalue weighted by atomic mass is 9.98. The molecule has 1 aromatic carbocycles. The Balaban J connectivity index is 2.19. The summed E-state index contributed by atoms with van der Waals surface area (Å²) in [6.07, 6.45) is 1.02. The maximum Gasteiger partial charge on any atom is 0.253 e. The van der Waals surface area contributed by atoms with Crippen LogP contribution in [0.3, 0.4) is 0 Å². The van der Waals surface area contributed by atoms with E-state index in [1.165, 1.54) is 11.1 Å². The molecule has 0 aromatic heterocycles. The van der Waals surface area contributed by atoms with Gasteiger partial charge in [-0.1, -0.05) is 6.07 Å². The van der Waals surface area contributed by atoms with Crippen LogP contribution < -0.4 is 5.32 Å². The molecule has 1 aromatic rings. The number of carbonyl (C=O) groups excluding carboxylic acids is 1. The van der Waals surface area contributed by atoms with Crippen molar-refractivity contribution >= 4 is 5.91 Å². The molecule has 0 radical (unpaired) electrons. The second kappa shape index (κ2) is 5.94. The van der Waals surface area contributed by atoms with Crippen LogP contribution in [0, 0.1) is 0 Å². The Morgan fingerprint density at radius 1 is 1.40 bits per heavy atom. The lowest BCUT2D eigenvalue weighted by Crippen LogP contribution is -2.42. The average molecular weight is 276 g/mol. The Bertz CT molecular complexity index is 492. The molecule has 0 unspecified atom stereocenters.